The smallest absolute Gasteiger partial charge is 0.192 e. The molecule has 6 heteroatoms. The van der Waals surface area contributed by atoms with Crippen LogP contribution in [-0.4, -0.2) is 56.8 Å². The Kier molecular flexibility index (Phi) is 10.2. The summed E-state index contributed by atoms with van der Waals surface area (Å²) >= 11 is 0. The van der Waals surface area contributed by atoms with E-state index in [0.29, 0.717) is 41.9 Å². The van der Waals surface area contributed by atoms with Crippen molar-refractivity contribution < 1.29 is 24.1 Å². The van der Waals surface area contributed by atoms with Crippen LogP contribution in [-0.2, 0) is 13.9 Å². The van der Waals surface area contributed by atoms with E-state index in [4.69, 9.17) is 13.9 Å². The molecule has 0 amide bonds. The van der Waals surface area contributed by atoms with Crippen molar-refractivity contribution in [3.05, 3.63) is 0 Å². The van der Waals surface area contributed by atoms with Gasteiger partial charge in [-0.2, -0.15) is 0 Å². The maximum Gasteiger partial charge on any atom is 0.192 e. The Hall–Kier alpha value is 0.0169. The molecule has 5 nitrogen and oxygen atoms in total. The van der Waals surface area contributed by atoms with Crippen molar-refractivity contribution in [1.29, 1.82) is 0 Å². The highest BCUT2D eigenvalue weighted by Crippen LogP contribution is 2.74. The molecule has 0 heterocycles. The lowest BCUT2D eigenvalue weighted by atomic mass is 9.53. The molecule has 4 aliphatic carbocycles. The zero-order valence-electron chi connectivity index (χ0n) is 29.5. The van der Waals surface area contributed by atoms with Gasteiger partial charge in [-0.1, -0.05) is 61.8 Å². The molecule has 42 heavy (non-hydrogen) atoms. The Morgan fingerprint density at radius 1 is 0.929 bits per heavy atom. The largest absolute Gasteiger partial charge is 0.414 e. The third-order valence-electron chi connectivity index (χ3n) is 14.6. The average molecular weight is 609 g/mol. The van der Waals surface area contributed by atoms with Crippen LogP contribution >= 0.6 is 0 Å². The first-order valence-corrected chi connectivity index (χ1v) is 20.5. The van der Waals surface area contributed by atoms with Gasteiger partial charge in [0.1, 0.15) is 0 Å². The third kappa shape index (κ3) is 5.63. The summed E-state index contributed by atoms with van der Waals surface area (Å²) in [5.41, 5.74) is -0.778. The molecular formula is C36H68O5Si. The zero-order chi connectivity index (χ0) is 31.5. The second kappa shape index (κ2) is 12.3. The van der Waals surface area contributed by atoms with Gasteiger partial charge in [-0.05, 0) is 110 Å². The van der Waals surface area contributed by atoms with Crippen molar-refractivity contribution >= 4 is 8.32 Å². The van der Waals surface area contributed by atoms with Crippen molar-refractivity contribution in [2.24, 2.45) is 52.3 Å². The van der Waals surface area contributed by atoms with Gasteiger partial charge >= 0.3 is 0 Å². The quantitative estimate of drug-likeness (QED) is 0.182. The molecule has 0 unspecified atom stereocenters. The van der Waals surface area contributed by atoms with Gasteiger partial charge in [0, 0.05) is 38.1 Å². The second-order valence-corrected chi connectivity index (χ2v) is 22.2. The van der Waals surface area contributed by atoms with E-state index >= 15 is 0 Å². The van der Waals surface area contributed by atoms with Gasteiger partial charge in [0.15, 0.2) is 14.6 Å². The minimum atomic E-state index is -1.97. The number of rotatable bonds is 11. The van der Waals surface area contributed by atoms with Crippen LogP contribution in [0.4, 0.5) is 0 Å². The lowest BCUT2D eigenvalue weighted by Gasteiger charge is -2.54. The highest BCUT2D eigenvalue weighted by atomic mass is 28.4. The molecule has 0 aliphatic heterocycles. The molecule has 0 aromatic heterocycles. The van der Waals surface area contributed by atoms with E-state index in [-0.39, 0.29) is 34.0 Å². The molecule has 0 bridgehead atoms. The third-order valence-corrected chi connectivity index (χ3v) is 19.2. The Morgan fingerprint density at radius 3 is 2.14 bits per heavy atom. The molecule has 4 aliphatic rings. The van der Waals surface area contributed by atoms with Crippen molar-refractivity contribution in [3.8, 4) is 0 Å². The van der Waals surface area contributed by atoms with Crippen LogP contribution in [0.15, 0.2) is 0 Å². The summed E-state index contributed by atoms with van der Waals surface area (Å²) in [6.07, 6.45) is 10.2. The van der Waals surface area contributed by atoms with E-state index in [0.717, 1.165) is 32.1 Å². The van der Waals surface area contributed by atoms with Crippen LogP contribution in [0.2, 0.25) is 18.1 Å². The maximum absolute atomic E-state index is 13.1. The molecule has 0 spiro atoms. The number of aliphatic hydroxyl groups is 2. The topological polar surface area (TPSA) is 68.2 Å². The molecule has 4 fully saturated rings. The molecule has 4 saturated carbocycles. The molecule has 12 atom stereocenters. The highest BCUT2D eigenvalue weighted by molar-refractivity contribution is 6.74. The summed E-state index contributed by atoms with van der Waals surface area (Å²) in [6, 6.07) is 0. The predicted octanol–water partition coefficient (Wildman–Crippen LogP) is 8.43. The molecular weight excluding hydrogens is 540 g/mol. The summed E-state index contributed by atoms with van der Waals surface area (Å²) in [4.78, 5) is 0. The Bertz CT molecular complexity index is 915. The first kappa shape index (κ1) is 34.9. The van der Waals surface area contributed by atoms with Crippen LogP contribution < -0.4 is 0 Å². The predicted molar refractivity (Wildman–Crippen MR) is 175 cm³/mol. The van der Waals surface area contributed by atoms with Crippen LogP contribution in [0.5, 0.6) is 0 Å². The van der Waals surface area contributed by atoms with Gasteiger partial charge < -0.3 is 24.1 Å². The monoisotopic (exact) mass is 608 g/mol. The van der Waals surface area contributed by atoms with Crippen molar-refractivity contribution in [3.63, 3.8) is 0 Å². The summed E-state index contributed by atoms with van der Waals surface area (Å²) in [7, 11) is 1.56. The number of methoxy groups -OCH3 is 2. The highest BCUT2D eigenvalue weighted by Gasteiger charge is 2.74. The zero-order valence-corrected chi connectivity index (χ0v) is 30.5. The van der Waals surface area contributed by atoms with Crippen molar-refractivity contribution in [2.45, 2.75) is 162 Å². The number of hydrogen-bond acceptors (Lipinski definition) is 5. The first-order valence-electron chi connectivity index (χ1n) is 17.6. The Morgan fingerprint density at radius 2 is 1.57 bits per heavy atom. The van der Waals surface area contributed by atoms with Gasteiger partial charge in [0.2, 0.25) is 0 Å². The average Bonchev–Trinajstić information content (AvgIpc) is 3.36. The van der Waals surface area contributed by atoms with Gasteiger partial charge in [-0.15, -0.1) is 0 Å². The Labute approximate surface area is 260 Å². The number of fused-ring (bicyclic) bond motifs is 5. The van der Waals surface area contributed by atoms with Gasteiger partial charge in [-0.3, -0.25) is 0 Å². The van der Waals surface area contributed by atoms with E-state index in [1.54, 1.807) is 14.2 Å². The summed E-state index contributed by atoms with van der Waals surface area (Å²) in [5.74, 6) is 3.00. The lowest BCUT2D eigenvalue weighted by Crippen LogP contribution is -2.58. The number of hydrogen-bond donors (Lipinski definition) is 2. The van der Waals surface area contributed by atoms with E-state index in [1.807, 2.05) is 0 Å². The van der Waals surface area contributed by atoms with Crippen molar-refractivity contribution in [2.75, 3.05) is 14.2 Å². The van der Waals surface area contributed by atoms with Gasteiger partial charge in [0.25, 0.3) is 0 Å². The minimum absolute atomic E-state index is 0.0563. The fourth-order valence-corrected chi connectivity index (χ4v) is 12.2. The fourth-order valence-electron chi connectivity index (χ4n) is 10.8. The van der Waals surface area contributed by atoms with E-state index in [9.17, 15) is 10.2 Å². The second-order valence-electron chi connectivity index (χ2n) is 17.5. The van der Waals surface area contributed by atoms with Crippen LogP contribution in [0.1, 0.15) is 120 Å². The standard InChI is InChI=1S/C36H68O5Si/c1-13-23(2)29(37)17-14-24(3)26-15-16-27-30-28(19-20-34(26,27)7)35(8)21-18-25(41-42(11,12)33(4,5)6)22-36(35,38)31(30)32(39-9)40-10/h23-32,37-38H,13-22H2,1-12H3/t23-,24+,25-,26+,27-,28-,29+,30-,31-,34+,35+,36+/m0/s1. The maximum atomic E-state index is 13.1. The molecule has 0 aromatic rings. The summed E-state index contributed by atoms with van der Waals surface area (Å²) in [6.45, 7) is 23.4. The number of ether oxygens (including phenoxy) is 2. The lowest BCUT2D eigenvalue weighted by molar-refractivity contribution is -0.225. The van der Waals surface area contributed by atoms with Gasteiger partial charge in [-0.25, -0.2) is 0 Å². The molecule has 0 aromatic carbocycles. The van der Waals surface area contributed by atoms with Crippen LogP contribution in [0.25, 0.3) is 0 Å². The summed E-state index contributed by atoms with van der Waals surface area (Å²) in [5, 5.41) is 24.0. The molecule has 246 valence electrons. The Balaban J connectivity index is 1.63. The molecule has 2 N–H and O–H groups in total. The molecule has 0 radical (unpaired) electrons. The minimum Gasteiger partial charge on any atom is -0.414 e. The van der Waals surface area contributed by atoms with Crippen molar-refractivity contribution in [1.82, 2.24) is 0 Å². The molecule has 4 rings (SSSR count). The SMILES string of the molecule is CC[C@H](C)[C@H](O)CC[C@@H](C)[C@H]1CC[C@H]2[C@@H]3[C@@H](C(OC)OC)[C@]4(O)C[C@@H](O[Si](C)(C)C(C)(C)C)CC[C@]4(C)[C@H]3CC[C@]12C. The van der Waals surface area contributed by atoms with Crippen LogP contribution in [0.3, 0.4) is 0 Å². The summed E-state index contributed by atoms with van der Waals surface area (Å²) < 4.78 is 19.2. The van der Waals surface area contributed by atoms with E-state index in [2.05, 4.69) is 68.5 Å². The van der Waals surface area contributed by atoms with Crippen LogP contribution in [0, 0.1) is 52.3 Å². The van der Waals surface area contributed by atoms with E-state index in [1.165, 1.54) is 25.7 Å². The molecule has 0 saturated heterocycles. The normalized spacial score (nSPS) is 42.6. The van der Waals surface area contributed by atoms with Gasteiger partial charge in [0.05, 0.1) is 11.7 Å². The van der Waals surface area contributed by atoms with E-state index < -0.39 is 20.2 Å². The fraction of sp³-hybridized carbons (Fsp3) is 1.00. The first-order chi connectivity index (χ1) is 19.4. The number of aliphatic hydroxyl groups excluding tert-OH is 1.